The molecule has 0 aliphatic heterocycles. The molecule has 0 saturated heterocycles. The third-order valence-corrected chi connectivity index (χ3v) is 2.94. The monoisotopic (exact) mass is 249 g/mol. The zero-order valence-corrected chi connectivity index (χ0v) is 11.4. The summed E-state index contributed by atoms with van der Waals surface area (Å²) in [5.41, 5.74) is 7.47. The van der Waals surface area contributed by atoms with E-state index < -0.39 is 0 Å². The number of benzene rings is 1. The second kappa shape index (κ2) is 7.01. The number of para-hydroxylation sites is 2. The molecule has 4 nitrogen and oxygen atoms in total. The van der Waals surface area contributed by atoms with Crippen molar-refractivity contribution in [2.24, 2.45) is 11.7 Å². The maximum atomic E-state index is 12.1. The summed E-state index contributed by atoms with van der Waals surface area (Å²) in [6, 6.07) is 7.76. The number of nitrogens with zero attached hydrogens (tertiary/aromatic N) is 1. The van der Waals surface area contributed by atoms with Gasteiger partial charge in [0.15, 0.2) is 0 Å². The van der Waals surface area contributed by atoms with Crippen molar-refractivity contribution in [3.8, 4) is 0 Å². The average Bonchev–Trinajstić information content (AvgIpc) is 2.36. The maximum Gasteiger partial charge on any atom is 0.228 e. The van der Waals surface area contributed by atoms with E-state index >= 15 is 0 Å². The molecule has 0 heterocycles. The van der Waals surface area contributed by atoms with Gasteiger partial charge >= 0.3 is 0 Å². The second-order valence-electron chi connectivity index (χ2n) is 4.62. The molecule has 0 aliphatic rings. The van der Waals surface area contributed by atoms with Crippen LogP contribution in [-0.2, 0) is 4.79 Å². The van der Waals surface area contributed by atoms with Crippen molar-refractivity contribution in [1.82, 2.24) is 0 Å². The maximum absolute atomic E-state index is 12.1. The van der Waals surface area contributed by atoms with Gasteiger partial charge in [-0.05, 0) is 18.6 Å². The molecule has 0 radical (unpaired) electrons. The number of carbonyl (C=O) groups is 1. The zero-order chi connectivity index (χ0) is 13.5. The summed E-state index contributed by atoms with van der Waals surface area (Å²) in [4.78, 5) is 14.1. The molecule has 1 rings (SSSR count). The van der Waals surface area contributed by atoms with Crippen molar-refractivity contribution in [3.63, 3.8) is 0 Å². The number of nitrogens with one attached hydrogen (secondary N) is 1. The van der Waals surface area contributed by atoms with Crippen LogP contribution in [0.4, 0.5) is 11.4 Å². The number of hydrogen-bond acceptors (Lipinski definition) is 3. The third kappa shape index (κ3) is 3.74. The van der Waals surface area contributed by atoms with Gasteiger partial charge in [0.25, 0.3) is 0 Å². The summed E-state index contributed by atoms with van der Waals surface area (Å²) in [7, 11) is 3.91. The van der Waals surface area contributed by atoms with E-state index in [2.05, 4.69) is 12.2 Å². The van der Waals surface area contributed by atoms with Crippen LogP contribution in [0, 0.1) is 5.92 Å². The summed E-state index contributed by atoms with van der Waals surface area (Å²) in [6.07, 6.45) is 1.79. The topological polar surface area (TPSA) is 58.4 Å². The Morgan fingerprint density at radius 2 is 2.06 bits per heavy atom. The molecule has 0 spiro atoms. The number of anilines is 2. The van der Waals surface area contributed by atoms with Gasteiger partial charge in [0.1, 0.15) is 0 Å². The number of rotatable bonds is 6. The van der Waals surface area contributed by atoms with Crippen molar-refractivity contribution in [1.29, 1.82) is 0 Å². The van der Waals surface area contributed by atoms with Crippen molar-refractivity contribution >= 4 is 17.3 Å². The van der Waals surface area contributed by atoms with Crippen LogP contribution in [0.3, 0.4) is 0 Å². The minimum absolute atomic E-state index is 0.00801. The Morgan fingerprint density at radius 1 is 1.39 bits per heavy atom. The van der Waals surface area contributed by atoms with E-state index in [1.807, 2.05) is 43.3 Å². The summed E-state index contributed by atoms with van der Waals surface area (Å²) < 4.78 is 0. The van der Waals surface area contributed by atoms with Crippen LogP contribution in [0.25, 0.3) is 0 Å². The second-order valence-corrected chi connectivity index (χ2v) is 4.62. The van der Waals surface area contributed by atoms with Gasteiger partial charge in [-0.1, -0.05) is 25.5 Å². The highest BCUT2D eigenvalue weighted by Crippen LogP contribution is 2.24. The summed E-state index contributed by atoms with van der Waals surface area (Å²) in [5, 5.41) is 2.97. The van der Waals surface area contributed by atoms with Crippen LogP contribution in [0.5, 0.6) is 0 Å². The smallest absolute Gasteiger partial charge is 0.228 e. The fourth-order valence-electron chi connectivity index (χ4n) is 1.91. The SMILES string of the molecule is CCCC(CN)C(=O)Nc1ccccc1N(C)C. The van der Waals surface area contributed by atoms with Gasteiger partial charge in [0.05, 0.1) is 17.3 Å². The largest absolute Gasteiger partial charge is 0.376 e. The normalized spacial score (nSPS) is 12.0. The van der Waals surface area contributed by atoms with Crippen molar-refractivity contribution in [2.45, 2.75) is 19.8 Å². The Bertz CT molecular complexity index is 390. The highest BCUT2D eigenvalue weighted by Gasteiger charge is 2.17. The summed E-state index contributed by atoms with van der Waals surface area (Å²) in [6.45, 7) is 2.45. The molecule has 4 heteroatoms. The van der Waals surface area contributed by atoms with Crippen LogP contribution in [-0.4, -0.2) is 26.5 Å². The first kappa shape index (κ1) is 14.5. The van der Waals surface area contributed by atoms with Gasteiger partial charge in [-0.15, -0.1) is 0 Å². The first-order chi connectivity index (χ1) is 8.60. The Balaban J connectivity index is 2.80. The van der Waals surface area contributed by atoms with Gasteiger partial charge in [-0.2, -0.15) is 0 Å². The molecule has 0 aliphatic carbocycles. The standard InChI is InChI=1S/C14H23N3O/c1-4-7-11(10-15)14(18)16-12-8-5-6-9-13(12)17(2)3/h5-6,8-9,11H,4,7,10,15H2,1-3H3,(H,16,18). The van der Waals surface area contributed by atoms with Gasteiger partial charge in [-0.3, -0.25) is 4.79 Å². The van der Waals surface area contributed by atoms with Gasteiger partial charge in [0.2, 0.25) is 5.91 Å². The van der Waals surface area contributed by atoms with Crippen LogP contribution >= 0.6 is 0 Å². The lowest BCUT2D eigenvalue weighted by atomic mass is 10.0. The number of hydrogen-bond donors (Lipinski definition) is 2. The highest BCUT2D eigenvalue weighted by atomic mass is 16.1. The van der Waals surface area contributed by atoms with E-state index in [1.165, 1.54) is 0 Å². The lowest BCUT2D eigenvalue weighted by molar-refractivity contribution is -0.119. The minimum atomic E-state index is -0.106. The molecule has 18 heavy (non-hydrogen) atoms. The molecule has 0 bridgehead atoms. The first-order valence-electron chi connectivity index (χ1n) is 6.37. The number of nitrogens with two attached hydrogens (primary N) is 1. The van der Waals surface area contributed by atoms with E-state index in [1.54, 1.807) is 0 Å². The Labute approximate surface area is 109 Å². The molecular formula is C14H23N3O. The molecule has 1 atom stereocenters. The lowest BCUT2D eigenvalue weighted by Crippen LogP contribution is -2.29. The fraction of sp³-hybridized carbons (Fsp3) is 0.500. The van der Waals surface area contributed by atoms with Gasteiger partial charge in [0, 0.05) is 20.6 Å². The zero-order valence-electron chi connectivity index (χ0n) is 11.4. The van der Waals surface area contributed by atoms with Crippen LogP contribution < -0.4 is 16.0 Å². The Morgan fingerprint density at radius 3 is 2.61 bits per heavy atom. The average molecular weight is 249 g/mol. The lowest BCUT2D eigenvalue weighted by Gasteiger charge is -2.20. The van der Waals surface area contributed by atoms with E-state index in [-0.39, 0.29) is 11.8 Å². The van der Waals surface area contributed by atoms with E-state index in [9.17, 15) is 4.79 Å². The number of amides is 1. The predicted octanol–water partition coefficient (Wildman–Crippen LogP) is 2.07. The quantitative estimate of drug-likeness (QED) is 0.811. The molecule has 1 amide bonds. The molecule has 1 unspecified atom stereocenters. The van der Waals surface area contributed by atoms with E-state index in [4.69, 9.17) is 5.73 Å². The van der Waals surface area contributed by atoms with E-state index in [0.29, 0.717) is 6.54 Å². The van der Waals surface area contributed by atoms with Gasteiger partial charge < -0.3 is 16.0 Å². The van der Waals surface area contributed by atoms with Crippen LogP contribution in [0.15, 0.2) is 24.3 Å². The molecular weight excluding hydrogens is 226 g/mol. The van der Waals surface area contributed by atoms with Crippen molar-refractivity contribution in [3.05, 3.63) is 24.3 Å². The molecule has 3 N–H and O–H groups in total. The minimum Gasteiger partial charge on any atom is -0.376 e. The highest BCUT2D eigenvalue weighted by molar-refractivity contribution is 5.95. The predicted molar refractivity (Wildman–Crippen MR) is 76.9 cm³/mol. The summed E-state index contributed by atoms with van der Waals surface area (Å²) in [5.74, 6) is -0.0983. The summed E-state index contributed by atoms with van der Waals surface area (Å²) >= 11 is 0. The van der Waals surface area contributed by atoms with Gasteiger partial charge in [-0.25, -0.2) is 0 Å². The van der Waals surface area contributed by atoms with Crippen molar-refractivity contribution in [2.75, 3.05) is 30.9 Å². The molecule has 0 fully saturated rings. The third-order valence-electron chi connectivity index (χ3n) is 2.94. The molecule has 0 aromatic heterocycles. The van der Waals surface area contributed by atoms with Crippen LogP contribution in [0.1, 0.15) is 19.8 Å². The number of carbonyl (C=O) groups excluding carboxylic acids is 1. The molecule has 100 valence electrons. The van der Waals surface area contributed by atoms with Crippen LogP contribution in [0.2, 0.25) is 0 Å². The fourth-order valence-corrected chi connectivity index (χ4v) is 1.91. The Kier molecular flexibility index (Phi) is 5.65. The Hall–Kier alpha value is -1.55. The first-order valence-corrected chi connectivity index (χ1v) is 6.37. The van der Waals surface area contributed by atoms with Crippen molar-refractivity contribution < 1.29 is 4.79 Å². The van der Waals surface area contributed by atoms with E-state index in [0.717, 1.165) is 24.2 Å². The molecule has 0 saturated carbocycles. The molecule has 1 aromatic carbocycles. The molecule has 1 aromatic rings.